The molecule has 0 unspecified atom stereocenters. The number of anilines is 1. The number of rotatable bonds is 5. The number of carbonyl (C=O) groups is 2. The summed E-state index contributed by atoms with van der Waals surface area (Å²) >= 11 is 0. The summed E-state index contributed by atoms with van der Waals surface area (Å²) in [6.45, 7) is 0. The van der Waals surface area contributed by atoms with Crippen LogP contribution in [0, 0.1) is 0 Å². The highest BCUT2D eigenvalue weighted by molar-refractivity contribution is 6.14. The van der Waals surface area contributed by atoms with E-state index in [1.165, 1.54) is 0 Å². The molecule has 31 heavy (non-hydrogen) atoms. The fraction of sp³-hybridized carbons (Fsp3) is 0.167. The first-order chi connectivity index (χ1) is 15.1. The van der Waals surface area contributed by atoms with Crippen molar-refractivity contribution in [3.8, 4) is 11.3 Å². The third-order valence-electron chi connectivity index (χ3n) is 5.39. The lowest BCUT2D eigenvalue weighted by Crippen LogP contribution is -2.18. The van der Waals surface area contributed by atoms with Crippen molar-refractivity contribution in [3.05, 3.63) is 77.5 Å². The van der Waals surface area contributed by atoms with Gasteiger partial charge in [0, 0.05) is 35.5 Å². The molecule has 2 aromatic carbocycles. The van der Waals surface area contributed by atoms with Gasteiger partial charge < -0.3 is 15.2 Å². The molecule has 0 spiro atoms. The number of amides is 2. The van der Waals surface area contributed by atoms with Gasteiger partial charge in [-0.1, -0.05) is 35.5 Å². The summed E-state index contributed by atoms with van der Waals surface area (Å²) in [7, 11) is 1.58. The largest absolute Gasteiger partial charge is 0.355 e. The summed E-state index contributed by atoms with van der Waals surface area (Å²) in [4.78, 5) is 29.7. The Morgan fingerprint density at radius 2 is 1.74 bits per heavy atom. The topological polar surface area (TPSA) is 97.1 Å². The van der Waals surface area contributed by atoms with Crippen molar-refractivity contribution in [1.82, 2.24) is 15.5 Å². The van der Waals surface area contributed by atoms with Gasteiger partial charge in [0.1, 0.15) is 5.69 Å². The molecule has 0 bridgehead atoms. The first-order valence-corrected chi connectivity index (χ1v) is 10.1. The van der Waals surface area contributed by atoms with Gasteiger partial charge in [-0.3, -0.25) is 9.59 Å². The minimum atomic E-state index is -0.276. The van der Waals surface area contributed by atoms with E-state index in [2.05, 4.69) is 20.8 Å². The van der Waals surface area contributed by atoms with Crippen molar-refractivity contribution < 1.29 is 14.1 Å². The zero-order valence-electron chi connectivity index (χ0n) is 16.9. The number of carbonyl (C=O) groups excluding carboxylic acids is 2. The summed E-state index contributed by atoms with van der Waals surface area (Å²) in [5.74, 6) is -0.102. The number of aromatic nitrogens is 2. The Bertz CT molecular complexity index is 1280. The second-order valence-corrected chi connectivity index (χ2v) is 7.56. The second kappa shape index (κ2) is 7.68. The molecule has 0 atom stereocenters. The molecule has 7 heteroatoms. The van der Waals surface area contributed by atoms with E-state index in [-0.39, 0.29) is 11.8 Å². The highest BCUT2D eigenvalue weighted by Crippen LogP contribution is 2.41. The van der Waals surface area contributed by atoms with E-state index in [1.807, 2.05) is 36.4 Å². The average molecular weight is 412 g/mol. The SMILES string of the molecule is CNC(=O)c1ccc(NC(=O)c2cc(C3CC3)nc3onc(-c4ccccc4)c23)cc1. The van der Waals surface area contributed by atoms with Crippen LogP contribution in [0.2, 0.25) is 0 Å². The summed E-state index contributed by atoms with van der Waals surface area (Å²) in [6.07, 6.45) is 2.11. The number of nitrogens with zero attached hydrogens (tertiary/aromatic N) is 2. The van der Waals surface area contributed by atoms with Gasteiger partial charge in [-0.05, 0) is 43.2 Å². The molecule has 1 saturated carbocycles. The Kier molecular flexibility index (Phi) is 4.71. The van der Waals surface area contributed by atoms with Crippen molar-refractivity contribution in [2.75, 3.05) is 12.4 Å². The highest BCUT2D eigenvalue weighted by Gasteiger charge is 2.29. The van der Waals surface area contributed by atoms with Gasteiger partial charge in [0.2, 0.25) is 0 Å². The van der Waals surface area contributed by atoms with Crippen LogP contribution in [-0.2, 0) is 0 Å². The zero-order chi connectivity index (χ0) is 21.4. The number of benzene rings is 2. The number of nitrogens with one attached hydrogen (secondary N) is 2. The van der Waals surface area contributed by atoms with E-state index in [0.717, 1.165) is 24.1 Å². The Morgan fingerprint density at radius 1 is 1.00 bits per heavy atom. The number of fused-ring (bicyclic) bond motifs is 1. The molecule has 0 radical (unpaired) electrons. The van der Waals surface area contributed by atoms with Gasteiger partial charge in [0.15, 0.2) is 0 Å². The first-order valence-electron chi connectivity index (χ1n) is 10.1. The molecule has 1 aliphatic carbocycles. The van der Waals surface area contributed by atoms with Crippen LogP contribution in [-0.4, -0.2) is 29.0 Å². The summed E-state index contributed by atoms with van der Waals surface area (Å²) < 4.78 is 5.53. The monoisotopic (exact) mass is 412 g/mol. The molecular weight excluding hydrogens is 392 g/mol. The number of hydrogen-bond acceptors (Lipinski definition) is 5. The maximum Gasteiger partial charge on any atom is 0.259 e. The van der Waals surface area contributed by atoms with Gasteiger partial charge in [-0.25, -0.2) is 4.98 Å². The minimum absolute atomic E-state index is 0.181. The van der Waals surface area contributed by atoms with Crippen LogP contribution in [0.1, 0.15) is 45.2 Å². The molecule has 154 valence electrons. The van der Waals surface area contributed by atoms with Crippen LogP contribution in [0.4, 0.5) is 5.69 Å². The molecule has 4 aromatic rings. The third kappa shape index (κ3) is 3.66. The minimum Gasteiger partial charge on any atom is -0.355 e. The van der Waals surface area contributed by atoms with Crippen LogP contribution in [0.5, 0.6) is 0 Å². The smallest absolute Gasteiger partial charge is 0.259 e. The number of hydrogen-bond donors (Lipinski definition) is 2. The van der Waals surface area contributed by atoms with Crippen molar-refractivity contribution in [1.29, 1.82) is 0 Å². The third-order valence-corrected chi connectivity index (χ3v) is 5.39. The Hall–Kier alpha value is -4.00. The van der Waals surface area contributed by atoms with E-state index in [9.17, 15) is 9.59 Å². The molecule has 1 fully saturated rings. The van der Waals surface area contributed by atoms with E-state index >= 15 is 0 Å². The summed E-state index contributed by atoms with van der Waals surface area (Å²) in [5, 5.41) is 10.3. The van der Waals surface area contributed by atoms with E-state index in [4.69, 9.17) is 4.52 Å². The predicted molar refractivity (Wildman–Crippen MR) is 117 cm³/mol. The highest BCUT2D eigenvalue weighted by atomic mass is 16.5. The van der Waals surface area contributed by atoms with Crippen LogP contribution in [0.25, 0.3) is 22.4 Å². The molecule has 2 amide bonds. The molecule has 1 aliphatic rings. The average Bonchev–Trinajstić information content (AvgIpc) is 3.58. The Labute approximate surface area is 178 Å². The van der Waals surface area contributed by atoms with Crippen molar-refractivity contribution in [3.63, 3.8) is 0 Å². The van der Waals surface area contributed by atoms with E-state index in [1.54, 1.807) is 31.3 Å². The second-order valence-electron chi connectivity index (χ2n) is 7.56. The van der Waals surface area contributed by atoms with E-state index < -0.39 is 0 Å². The molecule has 0 saturated heterocycles. The lowest BCUT2D eigenvalue weighted by molar-refractivity contribution is 0.0962. The molecule has 5 rings (SSSR count). The lowest BCUT2D eigenvalue weighted by Gasteiger charge is -2.09. The molecule has 2 N–H and O–H groups in total. The summed E-state index contributed by atoms with van der Waals surface area (Å²) in [5.41, 5.74) is 4.24. The molecule has 2 heterocycles. The van der Waals surface area contributed by atoms with E-state index in [0.29, 0.717) is 39.5 Å². The van der Waals surface area contributed by atoms with Gasteiger partial charge in [-0.2, -0.15) is 0 Å². The molecule has 0 aliphatic heterocycles. The van der Waals surface area contributed by atoms with Gasteiger partial charge in [0.25, 0.3) is 17.5 Å². The Morgan fingerprint density at radius 3 is 2.42 bits per heavy atom. The maximum absolute atomic E-state index is 13.3. The van der Waals surface area contributed by atoms with Crippen LogP contribution in [0.15, 0.2) is 65.2 Å². The van der Waals surface area contributed by atoms with Crippen LogP contribution in [0.3, 0.4) is 0 Å². The normalized spacial score (nSPS) is 13.2. The lowest BCUT2D eigenvalue weighted by atomic mass is 10.0. The van der Waals surface area contributed by atoms with Crippen molar-refractivity contribution >= 4 is 28.6 Å². The van der Waals surface area contributed by atoms with Gasteiger partial charge >= 0.3 is 0 Å². The maximum atomic E-state index is 13.3. The summed E-state index contributed by atoms with van der Waals surface area (Å²) in [6, 6.07) is 18.2. The molecular formula is C24H20N4O3. The Balaban J connectivity index is 1.55. The van der Waals surface area contributed by atoms with Crippen LogP contribution < -0.4 is 10.6 Å². The zero-order valence-corrected chi connectivity index (χ0v) is 16.9. The fourth-order valence-electron chi connectivity index (χ4n) is 3.58. The molecule has 2 aromatic heterocycles. The fourth-order valence-corrected chi connectivity index (χ4v) is 3.58. The standard InChI is InChI=1S/C24H20N4O3/c1-25-22(29)16-9-11-17(12-10-16)26-23(30)18-13-19(14-7-8-14)27-24-20(18)21(28-31-24)15-5-3-2-4-6-15/h2-6,9-14H,7-8H2,1H3,(H,25,29)(H,26,30). The molecule has 7 nitrogen and oxygen atoms in total. The van der Waals surface area contributed by atoms with Crippen molar-refractivity contribution in [2.24, 2.45) is 0 Å². The quantitative estimate of drug-likeness (QED) is 0.507. The van der Waals surface area contributed by atoms with Gasteiger partial charge in [0.05, 0.1) is 10.9 Å². The predicted octanol–water partition coefficient (Wildman–Crippen LogP) is 4.38. The van der Waals surface area contributed by atoms with Crippen LogP contribution >= 0.6 is 0 Å². The van der Waals surface area contributed by atoms with Gasteiger partial charge in [-0.15, -0.1) is 0 Å². The first kappa shape index (κ1) is 19.0. The number of pyridine rings is 1. The van der Waals surface area contributed by atoms with Crippen molar-refractivity contribution in [2.45, 2.75) is 18.8 Å².